The molecule has 0 spiro atoms. The molecule has 1 aromatic heterocycles. The van der Waals surface area contributed by atoms with Crippen LogP contribution in [0.15, 0.2) is 48.5 Å². The van der Waals surface area contributed by atoms with Crippen LogP contribution in [0.1, 0.15) is 16.8 Å². The van der Waals surface area contributed by atoms with Crippen LogP contribution in [0, 0.1) is 0 Å². The van der Waals surface area contributed by atoms with Gasteiger partial charge in [-0.2, -0.15) is 0 Å². The second-order valence-electron chi connectivity index (χ2n) is 4.96. The van der Waals surface area contributed by atoms with Gasteiger partial charge in [-0.3, -0.25) is 4.79 Å². The van der Waals surface area contributed by atoms with Crippen molar-refractivity contribution in [2.75, 3.05) is 13.1 Å². The van der Waals surface area contributed by atoms with E-state index in [9.17, 15) is 4.79 Å². The normalized spacial score (nSPS) is 10.9. The molecule has 3 aromatic rings. The number of fused-ring (bicyclic) bond motifs is 2. The molecular formula is C17H17N3O. The molecule has 0 atom stereocenters. The number of pyridine rings is 1. The number of carbonyl (C=O) groups excluding carboxylic acids is 1. The van der Waals surface area contributed by atoms with Gasteiger partial charge in [-0.05, 0) is 31.2 Å². The van der Waals surface area contributed by atoms with Crippen LogP contribution >= 0.6 is 0 Å². The van der Waals surface area contributed by atoms with Gasteiger partial charge in [0.25, 0.3) is 5.91 Å². The van der Waals surface area contributed by atoms with Gasteiger partial charge in [0.15, 0.2) is 0 Å². The highest BCUT2D eigenvalue weighted by atomic mass is 16.1. The van der Waals surface area contributed by atoms with Crippen molar-refractivity contribution in [3.63, 3.8) is 0 Å². The number of nitrogens with zero attached hydrogens (tertiary/aromatic N) is 1. The number of aromatic nitrogens is 1. The lowest BCUT2D eigenvalue weighted by molar-refractivity contribution is 0.0955. The zero-order valence-electron chi connectivity index (χ0n) is 11.7. The summed E-state index contributed by atoms with van der Waals surface area (Å²) in [4.78, 5) is 16.9. The van der Waals surface area contributed by atoms with Crippen molar-refractivity contribution < 1.29 is 4.79 Å². The van der Waals surface area contributed by atoms with Gasteiger partial charge in [0.2, 0.25) is 0 Å². The Balaban J connectivity index is 2.06. The van der Waals surface area contributed by atoms with Crippen molar-refractivity contribution >= 4 is 27.7 Å². The number of amides is 1. The Morgan fingerprint density at radius 3 is 2.76 bits per heavy atom. The van der Waals surface area contributed by atoms with Crippen LogP contribution in [0.5, 0.6) is 0 Å². The molecule has 0 radical (unpaired) electrons. The number of para-hydroxylation sites is 2. The summed E-state index contributed by atoms with van der Waals surface area (Å²) in [7, 11) is 0. The predicted octanol–water partition coefficient (Wildman–Crippen LogP) is 2.47. The van der Waals surface area contributed by atoms with Gasteiger partial charge < -0.3 is 11.1 Å². The van der Waals surface area contributed by atoms with E-state index in [4.69, 9.17) is 5.73 Å². The second-order valence-corrected chi connectivity index (χ2v) is 4.96. The molecule has 0 saturated heterocycles. The third-order valence-electron chi connectivity index (χ3n) is 3.46. The van der Waals surface area contributed by atoms with Crippen LogP contribution in [0.3, 0.4) is 0 Å². The summed E-state index contributed by atoms with van der Waals surface area (Å²) < 4.78 is 0. The average Bonchev–Trinajstić information content (AvgIpc) is 2.52. The highest BCUT2D eigenvalue weighted by Gasteiger charge is 2.11. The first-order chi connectivity index (χ1) is 10.3. The largest absolute Gasteiger partial charge is 0.352 e. The fraction of sp³-hybridized carbons (Fsp3) is 0.176. The number of nitrogens with two attached hydrogens (primary N) is 1. The van der Waals surface area contributed by atoms with E-state index in [-0.39, 0.29) is 5.91 Å². The quantitative estimate of drug-likeness (QED) is 0.569. The summed E-state index contributed by atoms with van der Waals surface area (Å²) in [5.41, 5.74) is 7.68. The monoisotopic (exact) mass is 279 g/mol. The van der Waals surface area contributed by atoms with Gasteiger partial charge in [-0.15, -0.1) is 0 Å². The van der Waals surface area contributed by atoms with E-state index in [1.54, 1.807) is 0 Å². The van der Waals surface area contributed by atoms with E-state index < -0.39 is 0 Å². The van der Waals surface area contributed by atoms with Crippen molar-refractivity contribution in [2.45, 2.75) is 6.42 Å². The molecule has 4 heteroatoms. The maximum atomic E-state index is 12.3. The summed E-state index contributed by atoms with van der Waals surface area (Å²) in [6.07, 6.45) is 0.771. The molecule has 0 fully saturated rings. The highest BCUT2D eigenvalue weighted by molar-refractivity contribution is 6.07. The van der Waals surface area contributed by atoms with Gasteiger partial charge in [0, 0.05) is 17.3 Å². The standard InChI is InChI=1S/C17H17N3O/c18-9-4-10-19-17(21)14-7-3-6-13-11-12-5-1-2-8-15(12)20-16(13)14/h1-3,5-8,11H,4,9-10,18H2,(H,19,21). The Kier molecular flexibility index (Phi) is 3.79. The second kappa shape index (κ2) is 5.89. The van der Waals surface area contributed by atoms with Crippen LogP contribution in [0.4, 0.5) is 0 Å². The van der Waals surface area contributed by atoms with Crippen LogP contribution in [-0.2, 0) is 0 Å². The minimum absolute atomic E-state index is 0.100. The molecule has 3 rings (SSSR count). The first kappa shape index (κ1) is 13.5. The van der Waals surface area contributed by atoms with Crippen LogP contribution in [-0.4, -0.2) is 24.0 Å². The fourth-order valence-electron chi connectivity index (χ4n) is 2.38. The zero-order valence-corrected chi connectivity index (χ0v) is 11.7. The molecule has 2 aromatic carbocycles. The number of rotatable bonds is 4. The van der Waals surface area contributed by atoms with Gasteiger partial charge in [-0.1, -0.05) is 30.3 Å². The van der Waals surface area contributed by atoms with E-state index in [1.807, 2.05) is 42.5 Å². The molecule has 0 aliphatic rings. The van der Waals surface area contributed by atoms with Crippen LogP contribution < -0.4 is 11.1 Å². The molecule has 0 unspecified atom stereocenters. The third kappa shape index (κ3) is 2.71. The lowest BCUT2D eigenvalue weighted by Gasteiger charge is -2.08. The smallest absolute Gasteiger partial charge is 0.253 e. The summed E-state index contributed by atoms with van der Waals surface area (Å²) >= 11 is 0. The first-order valence-electron chi connectivity index (χ1n) is 7.06. The van der Waals surface area contributed by atoms with Crippen LogP contribution in [0.25, 0.3) is 21.8 Å². The minimum Gasteiger partial charge on any atom is -0.352 e. The molecule has 4 nitrogen and oxygen atoms in total. The number of hydrogen-bond acceptors (Lipinski definition) is 3. The minimum atomic E-state index is -0.100. The van der Waals surface area contributed by atoms with Gasteiger partial charge in [-0.25, -0.2) is 4.98 Å². The first-order valence-corrected chi connectivity index (χ1v) is 7.06. The Morgan fingerprint density at radius 1 is 1.10 bits per heavy atom. The van der Waals surface area contributed by atoms with Gasteiger partial charge in [0.1, 0.15) is 0 Å². The maximum absolute atomic E-state index is 12.3. The average molecular weight is 279 g/mol. The Hall–Kier alpha value is -2.46. The van der Waals surface area contributed by atoms with Crippen molar-refractivity contribution in [2.24, 2.45) is 5.73 Å². The Labute approximate surface area is 123 Å². The highest BCUT2D eigenvalue weighted by Crippen LogP contribution is 2.22. The Bertz CT molecular complexity index is 798. The van der Waals surface area contributed by atoms with Crippen molar-refractivity contribution in [3.8, 4) is 0 Å². The molecule has 1 heterocycles. The number of nitrogens with one attached hydrogen (secondary N) is 1. The molecule has 0 saturated carbocycles. The summed E-state index contributed by atoms with van der Waals surface area (Å²) in [5.74, 6) is -0.100. The van der Waals surface area contributed by atoms with Crippen molar-refractivity contribution in [1.29, 1.82) is 0 Å². The maximum Gasteiger partial charge on any atom is 0.253 e. The molecular weight excluding hydrogens is 262 g/mol. The molecule has 0 aliphatic carbocycles. The molecule has 0 aliphatic heterocycles. The van der Waals surface area contributed by atoms with E-state index in [2.05, 4.69) is 16.4 Å². The van der Waals surface area contributed by atoms with E-state index in [1.165, 1.54) is 0 Å². The van der Waals surface area contributed by atoms with E-state index in [0.29, 0.717) is 18.7 Å². The lowest BCUT2D eigenvalue weighted by atomic mass is 10.1. The number of carbonyl (C=O) groups is 1. The Morgan fingerprint density at radius 2 is 1.90 bits per heavy atom. The molecule has 21 heavy (non-hydrogen) atoms. The third-order valence-corrected chi connectivity index (χ3v) is 3.46. The van der Waals surface area contributed by atoms with Crippen LogP contribution in [0.2, 0.25) is 0 Å². The molecule has 1 amide bonds. The number of benzene rings is 2. The molecule has 0 bridgehead atoms. The predicted molar refractivity (Wildman–Crippen MR) is 85.3 cm³/mol. The molecule has 3 N–H and O–H groups in total. The summed E-state index contributed by atoms with van der Waals surface area (Å²) in [6, 6.07) is 15.6. The zero-order chi connectivity index (χ0) is 14.7. The van der Waals surface area contributed by atoms with E-state index in [0.717, 1.165) is 28.2 Å². The van der Waals surface area contributed by atoms with Gasteiger partial charge in [0.05, 0.1) is 16.6 Å². The SMILES string of the molecule is NCCCNC(=O)c1cccc2cc3ccccc3nc12. The topological polar surface area (TPSA) is 68.0 Å². The molecule has 106 valence electrons. The van der Waals surface area contributed by atoms with E-state index >= 15 is 0 Å². The number of hydrogen-bond donors (Lipinski definition) is 2. The van der Waals surface area contributed by atoms with Crippen molar-refractivity contribution in [1.82, 2.24) is 10.3 Å². The summed E-state index contributed by atoms with van der Waals surface area (Å²) in [6.45, 7) is 1.15. The lowest BCUT2D eigenvalue weighted by Crippen LogP contribution is -2.26. The van der Waals surface area contributed by atoms with Crippen molar-refractivity contribution in [3.05, 3.63) is 54.1 Å². The van der Waals surface area contributed by atoms with Gasteiger partial charge >= 0.3 is 0 Å². The fourth-order valence-corrected chi connectivity index (χ4v) is 2.38. The summed E-state index contributed by atoms with van der Waals surface area (Å²) in [5, 5.41) is 4.93.